The summed E-state index contributed by atoms with van der Waals surface area (Å²) >= 11 is 0. The summed E-state index contributed by atoms with van der Waals surface area (Å²) in [4.78, 5) is 28.5. The van der Waals surface area contributed by atoms with Crippen LogP contribution in [0.5, 0.6) is 0 Å². The molecule has 0 aromatic rings. The summed E-state index contributed by atoms with van der Waals surface area (Å²) < 4.78 is 5.28. The van der Waals surface area contributed by atoms with E-state index < -0.39 is 5.54 Å². The average molecular weight is 297 g/mol. The van der Waals surface area contributed by atoms with Crippen molar-refractivity contribution >= 4 is 11.8 Å². The summed E-state index contributed by atoms with van der Waals surface area (Å²) in [6.45, 7) is 9.18. The third-order valence-corrected chi connectivity index (χ3v) is 4.31. The van der Waals surface area contributed by atoms with Gasteiger partial charge in [0.2, 0.25) is 11.8 Å². The van der Waals surface area contributed by atoms with Crippen molar-refractivity contribution in [3.63, 3.8) is 0 Å². The van der Waals surface area contributed by atoms with Crippen molar-refractivity contribution in [2.24, 2.45) is 11.1 Å². The van der Waals surface area contributed by atoms with Gasteiger partial charge in [-0.2, -0.15) is 0 Å². The van der Waals surface area contributed by atoms with Crippen molar-refractivity contribution in [3.8, 4) is 0 Å². The Balaban J connectivity index is 1.92. The van der Waals surface area contributed by atoms with E-state index in [9.17, 15) is 9.59 Å². The van der Waals surface area contributed by atoms with Gasteiger partial charge in [-0.15, -0.1) is 0 Å². The monoisotopic (exact) mass is 297 g/mol. The van der Waals surface area contributed by atoms with E-state index >= 15 is 0 Å². The van der Waals surface area contributed by atoms with Crippen LogP contribution in [0.4, 0.5) is 0 Å². The largest absolute Gasteiger partial charge is 0.381 e. The fourth-order valence-electron chi connectivity index (χ4n) is 2.85. The smallest absolute Gasteiger partial charge is 0.242 e. The van der Waals surface area contributed by atoms with Gasteiger partial charge < -0.3 is 20.3 Å². The molecule has 120 valence electrons. The van der Waals surface area contributed by atoms with Gasteiger partial charge >= 0.3 is 0 Å². The van der Waals surface area contributed by atoms with Crippen molar-refractivity contribution in [1.29, 1.82) is 0 Å². The van der Waals surface area contributed by atoms with E-state index in [2.05, 4.69) is 0 Å². The average Bonchev–Trinajstić information content (AvgIpc) is 2.46. The SMILES string of the molecule is CC(C)(C)C(=O)N1CCN(C(=O)C2(N)CCOCC2)CC1. The molecule has 2 aliphatic heterocycles. The summed E-state index contributed by atoms with van der Waals surface area (Å²) in [6.07, 6.45) is 1.15. The first-order valence-electron chi connectivity index (χ1n) is 7.69. The number of piperazine rings is 1. The van der Waals surface area contributed by atoms with Gasteiger partial charge in [-0.05, 0) is 12.8 Å². The second-order valence-corrected chi connectivity index (χ2v) is 7.10. The summed E-state index contributed by atoms with van der Waals surface area (Å²) in [5, 5.41) is 0. The summed E-state index contributed by atoms with van der Waals surface area (Å²) in [5.74, 6) is 0.150. The molecule has 2 fully saturated rings. The minimum atomic E-state index is -0.783. The molecule has 0 bridgehead atoms. The number of nitrogens with two attached hydrogens (primary N) is 1. The number of carbonyl (C=O) groups is 2. The van der Waals surface area contributed by atoms with Gasteiger partial charge in [-0.25, -0.2) is 0 Å². The number of amides is 2. The highest BCUT2D eigenvalue weighted by atomic mass is 16.5. The summed E-state index contributed by atoms with van der Waals surface area (Å²) in [7, 11) is 0. The molecule has 2 N–H and O–H groups in total. The molecule has 2 amide bonds. The van der Waals surface area contributed by atoms with Crippen LogP contribution in [-0.2, 0) is 14.3 Å². The van der Waals surface area contributed by atoms with E-state index in [4.69, 9.17) is 10.5 Å². The van der Waals surface area contributed by atoms with Crippen LogP contribution in [0.2, 0.25) is 0 Å². The van der Waals surface area contributed by atoms with Crippen molar-refractivity contribution in [2.75, 3.05) is 39.4 Å². The van der Waals surface area contributed by atoms with Gasteiger partial charge in [0.25, 0.3) is 0 Å². The Kier molecular flexibility index (Phi) is 4.58. The van der Waals surface area contributed by atoms with Crippen LogP contribution in [0.15, 0.2) is 0 Å². The van der Waals surface area contributed by atoms with Crippen LogP contribution < -0.4 is 5.73 Å². The van der Waals surface area contributed by atoms with E-state index in [0.717, 1.165) is 0 Å². The fourth-order valence-corrected chi connectivity index (χ4v) is 2.85. The number of hydrogen-bond donors (Lipinski definition) is 1. The fraction of sp³-hybridized carbons (Fsp3) is 0.867. The highest BCUT2D eigenvalue weighted by Gasteiger charge is 2.40. The molecular weight excluding hydrogens is 270 g/mol. The Morgan fingerprint density at radius 2 is 1.48 bits per heavy atom. The molecule has 21 heavy (non-hydrogen) atoms. The van der Waals surface area contributed by atoms with Gasteiger partial charge in [0.05, 0.1) is 5.54 Å². The first kappa shape index (κ1) is 16.2. The first-order valence-corrected chi connectivity index (χ1v) is 7.69. The third-order valence-electron chi connectivity index (χ3n) is 4.31. The van der Waals surface area contributed by atoms with E-state index in [1.54, 1.807) is 4.90 Å². The standard InChI is InChI=1S/C15H27N3O3/c1-14(2,3)12(19)17-6-8-18(9-7-17)13(20)15(16)4-10-21-11-5-15/h4-11,16H2,1-3H3. The zero-order chi connectivity index (χ0) is 15.7. The predicted octanol–water partition coefficient (Wildman–Crippen LogP) is 0.211. The Labute approximate surface area is 126 Å². The van der Waals surface area contributed by atoms with Gasteiger partial charge in [0.15, 0.2) is 0 Å². The minimum absolute atomic E-state index is 0.00802. The molecule has 0 aliphatic carbocycles. The lowest BCUT2D eigenvalue weighted by Crippen LogP contribution is -2.62. The Bertz CT molecular complexity index is 403. The Morgan fingerprint density at radius 3 is 1.95 bits per heavy atom. The highest BCUT2D eigenvalue weighted by molar-refractivity contribution is 5.87. The predicted molar refractivity (Wildman–Crippen MR) is 79.6 cm³/mol. The van der Waals surface area contributed by atoms with E-state index in [-0.39, 0.29) is 17.2 Å². The quantitative estimate of drug-likeness (QED) is 0.751. The van der Waals surface area contributed by atoms with Crippen LogP contribution in [0.25, 0.3) is 0 Å². The van der Waals surface area contributed by atoms with Gasteiger partial charge in [0.1, 0.15) is 0 Å². The van der Waals surface area contributed by atoms with Crippen molar-refractivity contribution in [2.45, 2.75) is 39.2 Å². The van der Waals surface area contributed by atoms with Crippen molar-refractivity contribution in [3.05, 3.63) is 0 Å². The van der Waals surface area contributed by atoms with Crippen LogP contribution in [-0.4, -0.2) is 66.5 Å². The number of ether oxygens (including phenoxy) is 1. The molecule has 0 aromatic carbocycles. The van der Waals surface area contributed by atoms with Crippen molar-refractivity contribution in [1.82, 2.24) is 9.80 Å². The van der Waals surface area contributed by atoms with Gasteiger partial charge in [-0.1, -0.05) is 20.8 Å². The maximum absolute atomic E-state index is 12.6. The molecule has 0 aromatic heterocycles. The molecular formula is C15H27N3O3. The molecule has 2 aliphatic rings. The van der Waals surface area contributed by atoms with Gasteiger partial charge in [-0.3, -0.25) is 9.59 Å². The molecule has 6 heteroatoms. The Hall–Kier alpha value is -1.14. The van der Waals surface area contributed by atoms with Crippen LogP contribution in [0.1, 0.15) is 33.6 Å². The molecule has 0 spiro atoms. The highest BCUT2D eigenvalue weighted by Crippen LogP contribution is 2.23. The molecule has 2 heterocycles. The van der Waals surface area contributed by atoms with Crippen molar-refractivity contribution < 1.29 is 14.3 Å². The van der Waals surface area contributed by atoms with Crippen LogP contribution in [0, 0.1) is 5.41 Å². The molecule has 0 atom stereocenters. The molecule has 0 radical (unpaired) electrons. The molecule has 6 nitrogen and oxygen atoms in total. The normalized spacial score (nSPS) is 23.0. The maximum Gasteiger partial charge on any atom is 0.242 e. The molecule has 0 unspecified atom stereocenters. The topological polar surface area (TPSA) is 75.9 Å². The number of rotatable bonds is 1. The minimum Gasteiger partial charge on any atom is -0.381 e. The number of nitrogens with zero attached hydrogens (tertiary/aromatic N) is 2. The molecule has 2 rings (SSSR count). The number of carbonyl (C=O) groups excluding carboxylic acids is 2. The maximum atomic E-state index is 12.6. The number of hydrogen-bond acceptors (Lipinski definition) is 4. The zero-order valence-electron chi connectivity index (χ0n) is 13.4. The third kappa shape index (κ3) is 3.55. The lowest BCUT2D eigenvalue weighted by atomic mass is 9.89. The van der Waals surface area contributed by atoms with E-state index in [1.807, 2.05) is 25.7 Å². The second kappa shape index (κ2) is 5.93. The lowest BCUT2D eigenvalue weighted by Gasteiger charge is -2.42. The van der Waals surface area contributed by atoms with E-state index in [0.29, 0.717) is 52.2 Å². The zero-order valence-corrected chi connectivity index (χ0v) is 13.4. The lowest BCUT2D eigenvalue weighted by molar-refractivity contribution is -0.148. The van der Waals surface area contributed by atoms with Crippen LogP contribution >= 0.6 is 0 Å². The van der Waals surface area contributed by atoms with Crippen LogP contribution in [0.3, 0.4) is 0 Å². The second-order valence-electron chi connectivity index (χ2n) is 7.10. The Morgan fingerprint density at radius 1 is 1.00 bits per heavy atom. The molecule has 0 saturated carbocycles. The van der Waals surface area contributed by atoms with E-state index in [1.165, 1.54) is 0 Å². The first-order chi connectivity index (χ1) is 9.74. The summed E-state index contributed by atoms with van der Waals surface area (Å²) in [5.41, 5.74) is 5.09. The van der Waals surface area contributed by atoms with Gasteiger partial charge in [0, 0.05) is 44.8 Å². The molecule has 2 saturated heterocycles. The summed E-state index contributed by atoms with van der Waals surface area (Å²) in [6, 6.07) is 0.